The summed E-state index contributed by atoms with van der Waals surface area (Å²) >= 11 is 0. The van der Waals surface area contributed by atoms with Gasteiger partial charge in [0.2, 0.25) is 0 Å². The van der Waals surface area contributed by atoms with Gasteiger partial charge in [-0.3, -0.25) is 9.69 Å². The van der Waals surface area contributed by atoms with E-state index in [9.17, 15) is 14.7 Å². The Balaban J connectivity index is 1.10. The van der Waals surface area contributed by atoms with Crippen molar-refractivity contribution in [2.24, 2.45) is 0 Å². The molecule has 8 nitrogen and oxygen atoms in total. The Morgan fingerprint density at radius 2 is 1.45 bits per heavy atom. The summed E-state index contributed by atoms with van der Waals surface area (Å²) in [7, 11) is 2.13. The van der Waals surface area contributed by atoms with Gasteiger partial charge in [-0.1, -0.05) is 115 Å². The fourth-order valence-electron chi connectivity index (χ4n) is 7.23. The van der Waals surface area contributed by atoms with E-state index in [0.29, 0.717) is 25.1 Å². The van der Waals surface area contributed by atoms with Crippen molar-refractivity contribution in [3.05, 3.63) is 161 Å². The van der Waals surface area contributed by atoms with E-state index >= 15 is 0 Å². The van der Waals surface area contributed by atoms with Crippen molar-refractivity contribution >= 4 is 39.0 Å². The van der Waals surface area contributed by atoms with Gasteiger partial charge in [0, 0.05) is 30.8 Å². The molecule has 3 N–H and O–H groups in total. The largest absolute Gasteiger partial charge is 0.392 e. The lowest BCUT2D eigenvalue weighted by Gasteiger charge is -2.38. The van der Waals surface area contributed by atoms with Crippen LogP contribution in [0.5, 0.6) is 0 Å². The van der Waals surface area contributed by atoms with Crippen molar-refractivity contribution < 1.29 is 24.2 Å². The number of nitrogens with one attached hydrogen (secondary N) is 2. The van der Waals surface area contributed by atoms with Crippen LogP contribution in [0.4, 0.5) is 10.5 Å². The average molecular weight is 708 g/mol. The van der Waals surface area contributed by atoms with Gasteiger partial charge in [0.05, 0.1) is 24.9 Å². The van der Waals surface area contributed by atoms with Gasteiger partial charge in [-0.15, -0.1) is 0 Å². The average Bonchev–Trinajstić information content (AvgIpc) is 3.18. The molecule has 0 bridgehead atoms. The van der Waals surface area contributed by atoms with E-state index in [1.807, 2.05) is 72.8 Å². The number of nitrogens with zero attached hydrogens (tertiary/aromatic N) is 1. The summed E-state index contributed by atoms with van der Waals surface area (Å²) in [6.45, 7) is 2.86. The minimum absolute atomic E-state index is 0.0272. The molecular formula is C45H45N3O5. The number of carbonyl (C=O) groups excluding carboxylic acids is 2. The molecule has 1 saturated heterocycles. The van der Waals surface area contributed by atoms with Gasteiger partial charge in [-0.25, -0.2) is 4.79 Å². The minimum atomic E-state index is -0.698. The van der Waals surface area contributed by atoms with Crippen LogP contribution in [0.2, 0.25) is 0 Å². The quantitative estimate of drug-likeness (QED) is 0.110. The number of aliphatic hydroxyl groups excluding tert-OH is 1. The topological polar surface area (TPSA) is 100 Å². The Kier molecular flexibility index (Phi) is 11.2. The summed E-state index contributed by atoms with van der Waals surface area (Å²) in [6, 6.07) is 43.1. The molecule has 53 heavy (non-hydrogen) atoms. The third-order valence-electron chi connectivity index (χ3n) is 9.94. The molecule has 0 saturated carbocycles. The molecule has 1 aliphatic heterocycles. The van der Waals surface area contributed by atoms with E-state index in [1.165, 1.54) is 34.0 Å². The summed E-state index contributed by atoms with van der Waals surface area (Å²) in [5, 5.41) is 20.3. The van der Waals surface area contributed by atoms with Gasteiger partial charge in [-0.2, -0.15) is 0 Å². The lowest BCUT2D eigenvalue weighted by Crippen LogP contribution is -2.43. The first-order valence-electron chi connectivity index (χ1n) is 18.1. The number of benzene rings is 6. The number of fused-ring (bicyclic) bond motifs is 2. The fraction of sp³-hybridized carbons (Fsp3) is 0.244. The molecule has 270 valence electrons. The van der Waals surface area contributed by atoms with Gasteiger partial charge in [0.1, 0.15) is 0 Å². The number of anilines is 1. The number of aliphatic hydroxyl groups is 1. The molecule has 6 aromatic rings. The molecule has 0 spiro atoms. The normalized spacial score (nSPS) is 17.8. The standard InChI is InChI=1S/C45H45N3O5/c1-30(50)42(23-31-11-4-3-5-12-31)47-45(51)46-37-16-10-15-36(25-37)44-52-38(26-43(53-44)33-21-19-32(29-49)20-22-33)27-48(2)28-41-39-17-8-6-13-34(39)24-35-14-7-9-18-40(35)41/h3-22,24-25,38,42-44,49H,23,26-29H2,1-2H3,(H2,46,47,51)/t38-,42+,43+,44?/m0/s1. The van der Waals surface area contributed by atoms with E-state index in [-0.39, 0.29) is 24.6 Å². The molecule has 1 fully saturated rings. The Morgan fingerprint density at radius 1 is 0.774 bits per heavy atom. The lowest BCUT2D eigenvalue weighted by molar-refractivity contribution is -0.252. The van der Waals surface area contributed by atoms with Gasteiger partial charge in [0.25, 0.3) is 0 Å². The number of ketones is 1. The van der Waals surface area contributed by atoms with E-state index in [1.54, 1.807) is 6.07 Å². The van der Waals surface area contributed by atoms with E-state index < -0.39 is 18.4 Å². The van der Waals surface area contributed by atoms with Gasteiger partial charge in [0.15, 0.2) is 12.1 Å². The third-order valence-corrected chi connectivity index (χ3v) is 9.94. The maximum atomic E-state index is 13.1. The van der Waals surface area contributed by atoms with Crippen molar-refractivity contribution in [3.8, 4) is 0 Å². The number of carbonyl (C=O) groups is 2. The van der Waals surface area contributed by atoms with Crippen LogP contribution in [0.3, 0.4) is 0 Å². The van der Waals surface area contributed by atoms with Gasteiger partial charge in [-0.05, 0) is 82.4 Å². The maximum Gasteiger partial charge on any atom is 0.319 e. The van der Waals surface area contributed by atoms with Crippen molar-refractivity contribution in [3.63, 3.8) is 0 Å². The summed E-state index contributed by atoms with van der Waals surface area (Å²) in [5.41, 5.74) is 5.41. The van der Waals surface area contributed by atoms with E-state index in [2.05, 4.69) is 77.2 Å². The number of hydrogen-bond acceptors (Lipinski definition) is 6. The molecule has 7 rings (SSSR count). The van der Waals surface area contributed by atoms with E-state index in [0.717, 1.165) is 28.8 Å². The first kappa shape index (κ1) is 36.0. The summed E-state index contributed by atoms with van der Waals surface area (Å²) in [6.07, 6.45) is -0.0788. The molecule has 1 heterocycles. The predicted molar refractivity (Wildman–Crippen MR) is 209 cm³/mol. The van der Waals surface area contributed by atoms with Crippen LogP contribution in [0.15, 0.2) is 133 Å². The van der Waals surface area contributed by atoms with Crippen molar-refractivity contribution in [1.29, 1.82) is 0 Å². The number of hydrogen-bond donors (Lipinski definition) is 3. The van der Waals surface area contributed by atoms with Crippen molar-refractivity contribution in [1.82, 2.24) is 10.2 Å². The molecule has 1 unspecified atom stereocenters. The van der Waals surface area contributed by atoms with Crippen LogP contribution in [0.1, 0.15) is 53.6 Å². The smallest absolute Gasteiger partial charge is 0.319 e. The monoisotopic (exact) mass is 707 g/mol. The van der Waals surface area contributed by atoms with Gasteiger partial charge >= 0.3 is 6.03 Å². The van der Waals surface area contributed by atoms with Crippen LogP contribution < -0.4 is 10.6 Å². The number of likely N-dealkylation sites (N-methyl/N-ethyl adjacent to an activating group) is 1. The second-order valence-corrected chi connectivity index (χ2v) is 13.9. The predicted octanol–water partition coefficient (Wildman–Crippen LogP) is 8.48. The molecule has 0 aliphatic carbocycles. The zero-order valence-corrected chi connectivity index (χ0v) is 30.1. The summed E-state index contributed by atoms with van der Waals surface area (Å²) in [4.78, 5) is 27.9. The van der Waals surface area contributed by atoms with Gasteiger partial charge < -0.3 is 25.2 Å². The molecule has 0 radical (unpaired) electrons. The molecule has 8 heteroatoms. The van der Waals surface area contributed by atoms with Crippen molar-refractivity contribution in [2.45, 2.75) is 57.5 Å². The highest BCUT2D eigenvalue weighted by atomic mass is 16.7. The fourth-order valence-corrected chi connectivity index (χ4v) is 7.23. The zero-order valence-electron chi connectivity index (χ0n) is 30.1. The molecule has 1 aliphatic rings. The van der Waals surface area contributed by atoms with E-state index in [4.69, 9.17) is 9.47 Å². The Labute approximate surface area is 310 Å². The maximum absolute atomic E-state index is 13.1. The SMILES string of the molecule is CC(=O)[C@@H](Cc1ccccc1)NC(=O)Nc1cccc(C2O[C@H](CN(C)Cc3c4ccccc4cc4ccccc34)C[C@H](c3ccc(CO)cc3)O2)c1. The molecule has 6 aromatic carbocycles. The second-order valence-electron chi connectivity index (χ2n) is 13.9. The number of amides is 2. The van der Waals surface area contributed by atoms with Crippen LogP contribution >= 0.6 is 0 Å². The summed E-state index contributed by atoms with van der Waals surface area (Å²) in [5.74, 6) is -0.121. The molecule has 4 atom stereocenters. The third kappa shape index (κ3) is 8.81. The highest BCUT2D eigenvalue weighted by Crippen LogP contribution is 2.39. The van der Waals surface area contributed by atoms with Crippen LogP contribution in [-0.2, 0) is 33.8 Å². The highest BCUT2D eigenvalue weighted by Gasteiger charge is 2.33. The first-order chi connectivity index (χ1) is 25.8. The molecule has 2 amide bonds. The number of Topliss-reactive ketones (excluding diaryl/α,β-unsaturated/α-hetero) is 1. The van der Waals surface area contributed by atoms with Crippen LogP contribution in [-0.4, -0.2) is 47.6 Å². The van der Waals surface area contributed by atoms with Crippen LogP contribution in [0, 0.1) is 0 Å². The number of ether oxygens (including phenoxy) is 2. The zero-order chi connectivity index (χ0) is 36.7. The highest BCUT2D eigenvalue weighted by molar-refractivity contribution is 6.02. The second kappa shape index (κ2) is 16.5. The first-order valence-corrected chi connectivity index (χ1v) is 18.1. The Morgan fingerprint density at radius 3 is 2.13 bits per heavy atom. The Bertz CT molecular complexity index is 2130. The Hall–Kier alpha value is -5.38. The molecular weight excluding hydrogens is 663 g/mol. The number of urea groups is 1. The molecule has 0 aromatic heterocycles. The van der Waals surface area contributed by atoms with Crippen molar-refractivity contribution in [2.75, 3.05) is 18.9 Å². The minimum Gasteiger partial charge on any atom is -0.392 e. The number of rotatable bonds is 12. The lowest BCUT2D eigenvalue weighted by atomic mass is 9.96. The summed E-state index contributed by atoms with van der Waals surface area (Å²) < 4.78 is 13.3. The van der Waals surface area contributed by atoms with Crippen LogP contribution in [0.25, 0.3) is 21.5 Å².